The lowest BCUT2D eigenvalue weighted by molar-refractivity contribution is 1.07. The molecule has 0 atom stereocenters. The zero-order chi connectivity index (χ0) is 6.69. The van der Waals surface area contributed by atoms with Crippen LogP contribution in [0.1, 0.15) is 5.56 Å². The van der Waals surface area contributed by atoms with Crippen molar-refractivity contribution in [3.05, 3.63) is 29.8 Å². The van der Waals surface area contributed by atoms with Crippen molar-refractivity contribution in [3.8, 4) is 0 Å². The lowest BCUT2D eigenvalue weighted by Crippen LogP contribution is -1.94. The number of hydrogen-bond donors (Lipinski definition) is 2. The van der Waals surface area contributed by atoms with Gasteiger partial charge in [-0.25, -0.2) is 0 Å². The Labute approximate surface area is 72.4 Å². The largest absolute Gasteiger partial charge is 0.326 e. The van der Waals surface area contributed by atoms with Crippen LogP contribution in [0, 0.1) is 0 Å². The molecule has 0 aliphatic carbocycles. The topological polar surface area (TPSA) is 26.0 Å². The van der Waals surface area contributed by atoms with Gasteiger partial charge in [0.15, 0.2) is 0 Å². The molecule has 10 heavy (non-hydrogen) atoms. The van der Waals surface area contributed by atoms with E-state index >= 15 is 0 Å². The molecule has 0 radical (unpaired) electrons. The highest BCUT2D eigenvalue weighted by molar-refractivity contribution is 7.80. The van der Waals surface area contributed by atoms with Crippen LogP contribution < -0.4 is 5.73 Å². The first-order valence-corrected chi connectivity index (χ1v) is 3.25. The van der Waals surface area contributed by atoms with Crippen LogP contribution >= 0.6 is 25.0 Å². The Morgan fingerprint density at radius 3 is 2.10 bits per heavy atom. The molecule has 0 amide bonds. The molecule has 0 aromatic heterocycles. The molecule has 56 valence electrons. The third kappa shape index (κ3) is 2.60. The normalized spacial score (nSPS) is 8.60. The second kappa shape index (κ2) is 4.61. The monoisotopic (exact) mass is 175 g/mol. The van der Waals surface area contributed by atoms with Gasteiger partial charge in [0.1, 0.15) is 0 Å². The maximum Gasteiger partial charge on any atom is 0.0178 e. The Bertz CT molecular complexity index is 185. The van der Waals surface area contributed by atoms with Gasteiger partial charge in [-0.3, -0.25) is 0 Å². The molecule has 0 spiro atoms. The first-order valence-electron chi connectivity index (χ1n) is 2.81. The number of rotatable bonds is 1. The van der Waals surface area contributed by atoms with E-state index in [1.807, 2.05) is 24.3 Å². The van der Waals surface area contributed by atoms with E-state index < -0.39 is 0 Å². The second-order valence-corrected chi connectivity index (χ2v) is 2.39. The van der Waals surface area contributed by atoms with Crippen molar-refractivity contribution in [2.24, 2.45) is 5.73 Å². The third-order valence-electron chi connectivity index (χ3n) is 1.17. The van der Waals surface area contributed by atoms with Gasteiger partial charge in [-0.1, -0.05) is 12.1 Å². The Morgan fingerprint density at radius 1 is 1.20 bits per heavy atom. The molecule has 0 fully saturated rings. The van der Waals surface area contributed by atoms with Gasteiger partial charge < -0.3 is 5.73 Å². The fourth-order valence-corrected chi connectivity index (χ4v) is 0.781. The average molecular weight is 176 g/mol. The Morgan fingerprint density at radius 2 is 1.70 bits per heavy atom. The predicted molar refractivity (Wildman–Crippen MR) is 48.8 cm³/mol. The minimum atomic E-state index is 0. The van der Waals surface area contributed by atoms with Crippen LogP contribution in [0.15, 0.2) is 29.2 Å². The highest BCUT2D eigenvalue weighted by Gasteiger charge is 1.85. The van der Waals surface area contributed by atoms with Crippen LogP contribution in [-0.2, 0) is 6.54 Å². The van der Waals surface area contributed by atoms with Crippen LogP contribution in [0.3, 0.4) is 0 Å². The second-order valence-electron chi connectivity index (χ2n) is 1.87. The van der Waals surface area contributed by atoms with E-state index in [1.54, 1.807) is 0 Å². The third-order valence-corrected chi connectivity index (χ3v) is 1.47. The van der Waals surface area contributed by atoms with Gasteiger partial charge in [-0.15, -0.1) is 25.0 Å². The van der Waals surface area contributed by atoms with Gasteiger partial charge in [0.2, 0.25) is 0 Å². The standard InChI is InChI=1S/C7H9NS.ClH/c8-5-6-1-3-7(9)4-2-6;/h1-4,9H,5,8H2;1H. The summed E-state index contributed by atoms with van der Waals surface area (Å²) in [6.07, 6.45) is 0. The van der Waals surface area contributed by atoms with Crippen molar-refractivity contribution in [3.63, 3.8) is 0 Å². The van der Waals surface area contributed by atoms with Crippen molar-refractivity contribution in [2.75, 3.05) is 0 Å². The summed E-state index contributed by atoms with van der Waals surface area (Å²) in [4.78, 5) is 0.979. The maximum atomic E-state index is 5.37. The van der Waals surface area contributed by atoms with Crippen LogP contribution in [0.5, 0.6) is 0 Å². The average Bonchev–Trinajstić information content (AvgIpc) is 1.90. The van der Waals surface area contributed by atoms with Crippen LogP contribution in [-0.4, -0.2) is 0 Å². The molecule has 3 heteroatoms. The Balaban J connectivity index is 0.000000810. The number of nitrogens with two attached hydrogens (primary N) is 1. The van der Waals surface area contributed by atoms with Crippen LogP contribution in [0.2, 0.25) is 0 Å². The zero-order valence-corrected chi connectivity index (χ0v) is 7.16. The number of halogens is 1. The van der Waals surface area contributed by atoms with Gasteiger partial charge >= 0.3 is 0 Å². The molecule has 0 heterocycles. The first-order chi connectivity index (χ1) is 4.33. The maximum absolute atomic E-state index is 5.37. The Hall–Kier alpha value is -0.180. The molecule has 1 aromatic rings. The molecule has 1 rings (SSSR count). The molecule has 0 aliphatic rings. The van der Waals surface area contributed by atoms with Gasteiger partial charge in [-0.05, 0) is 17.7 Å². The molecule has 2 N–H and O–H groups in total. The quantitative estimate of drug-likeness (QED) is 0.627. The predicted octanol–water partition coefficient (Wildman–Crippen LogP) is 1.86. The summed E-state index contributed by atoms with van der Waals surface area (Å²) >= 11 is 4.13. The SMILES string of the molecule is Cl.NCc1ccc(S)cc1. The van der Waals surface area contributed by atoms with Gasteiger partial charge in [0.05, 0.1) is 0 Å². The van der Waals surface area contributed by atoms with E-state index in [-0.39, 0.29) is 12.4 Å². The summed E-state index contributed by atoms with van der Waals surface area (Å²) in [5.74, 6) is 0. The summed E-state index contributed by atoms with van der Waals surface area (Å²) < 4.78 is 0. The van der Waals surface area contributed by atoms with E-state index in [0.29, 0.717) is 6.54 Å². The van der Waals surface area contributed by atoms with Crippen LogP contribution in [0.4, 0.5) is 0 Å². The summed E-state index contributed by atoms with van der Waals surface area (Å²) in [6.45, 7) is 0.605. The highest BCUT2D eigenvalue weighted by atomic mass is 35.5. The molecule has 1 nitrogen and oxygen atoms in total. The van der Waals surface area contributed by atoms with Crippen LogP contribution in [0.25, 0.3) is 0 Å². The zero-order valence-electron chi connectivity index (χ0n) is 5.45. The summed E-state index contributed by atoms with van der Waals surface area (Å²) in [5, 5.41) is 0. The minimum absolute atomic E-state index is 0. The molecule has 1 aromatic carbocycles. The van der Waals surface area contributed by atoms with Crippen molar-refractivity contribution in [2.45, 2.75) is 11.4 Å². The highest BCUT2D eigenvalue weighted by Crippen LogP contribution is 2.06. The summed E-state index contributed by atoms with van der Waals surface area (Å²) in [7, 11) is 0. The molecule has 0 bridgehead atoms. The molecule has 0 saturated heterocycles. The lowest BCUT2D eigenvalue weighted by atomic mass is 10.2. The van der Waals surface area contributed by atoms with Gasteiger partial charge in [0.25, 0.3) is 0 Å². The molecule has 0 aliphatic heterocycles. The fourth-order valence-electron chi connectivity index (χ4n) is 0.632. The first kappa shape index (κ1) is 9.82. The van der Waals surface area contributed by atoms with Gasteiger partial charge in [-0.2, -0.15) is 0 Å². The number of benzene rings is 1. The van der Waals surface area contributed by atoms with Crippen molar-refractivity contribution >= 4 is 25.0 Å². The number of thiol groups is 1. The summed E-state index contributed by atoms with van der Waals surface area (Å²) in [6, 6.07) is 7.82. The van der Waals surface area contributed by atoms with Crippen molar-refractivity contribution in [1.82, 2.24) is 0 Å². The van der Waals surface area contributed by atoms with E-state index in [0.717, 1.165) is 10.5 Å². The molecular formula is C7H10ClNS. The van der Waals surface area contributed by atoms with Crippen molar-refractivity contribution < 1.29 is 0 Å². The minimum Gasteiger partial charge on any atom is -0.326 e. The van der Waals surface area contributed by atoms with E-state index in [2.05, 4.69) is 12.6 Å². The lowest BCUT2D eigenvalue weighted by Gasteiger charge is -1.94. The molecule has 0 unspecified atom stereocenters. The number of hydrogen-bond acceptors (Lipinski definition) is 2. The Kier molecular flexibility index (Phi) is 4.52. The van der Waals surface area contributed by atoms with Gasteiger partial charge in [0, 0.05) is 11.4 Å². The van der Waals surface area contributed by atoms with E-state index in [9.17, 15) is 0 Å². The molecule has 0 saturated carbocycles. The van der Waals surface area contributed by atoms with Crippen molar-refractivity contribution in [1.29, 1.82) is 0 Å². The molecular weight excluding hydrogens is 166 g/mol. The smallest absolute Gasteiger partial charge is 0.0178 e. The van der Waals surface area contributed by atoms with E-state index in [1.165, 1.54) is 0 Å². The fraction of sp³-hybridized carbons (Fsp3) is 0.143. The van der Waals surface area contributed by atoms with E-state index in [4.69, 9.17) is 5.73 Å². The summed E-state index contributed by atoms with van der Waals surface area (Å²) in [5.41, 5.74) is 6.52.